The van der Waals surface area contributed by atoms with Gasteiger partial charge in [0.2, 0.25) is 0 Å². The molecule has 0 atom stereocenters. The van der Waals surface area contributed by atoms with Crippen LogP contribution in [0.5, 0.6) is 11.5 Å². The summed E-state index contributed by atoms with van der Waals surface area (Å²) in [6.45, 7) is -0.136. The standard InChI is InChI=1S/C25H19ClN2O4S2/c1-31-20-12-8-19(9-13-20)28-24(30)22(34-25(28)33)14-16-2-10-21(11-3-16)32-15-23(29)27-18-6-4-17(26)5-7-18/h2-14H,15H2,1H3,(H,27,29)/b22-14-. The van der Waals surface area contributed by atoms with Crippen molar-refractivity contribution in [1.82, 2.24) is 0 Å². The van der Waals surface area contributed by atoms with E-state index in [1.54, 1.807) is 73.8 Å². The zero-order valence-electron chi connectivity index (χ0n) is 18.0. The summed E-state index contributed by atoms with van der Waals surface area (Å²) in [5.41, 5.74) is 2.14. The SMILES string of the molecule is COc1ccc(N2C(=O)/C(=C/c3ccc(OCC(=O)Nc4ccc(Cl)cc4)cc3)SC2=S)cc1. The Bertz CT molecular complexity index is 1240. The minimum Gasteiger partial charge on any atom is -0.497 e. The van der Waals surface area contributed by atoms with Gasteiger partial charge in [0.15, 0.2) is 10.9 Å². The van der Waals surface area contributed by atoms with Crippen LogP contribution in [0.15, 0.2) is 77.7 Å². The van der Waals surface area contributed by atoms with Crippen LogP contribution in [0.3, 0.4) is 0 Å². The van der Waals surface area contributed by atoms with Gasteiger partial charge in [0, 0.05) is 10.7 Å². The summed E-state index contributed by atoms with van der Waals surface area (Å²) >= 11 is 12.5. The van der Waals surface area contributed by atoms with Gasteiger partial charge in [-0.25, -0.2) is 0 Å². The number of nitrogens with zero attached hydrogens (tertiary/aromatic N) is 1. The third kappa shape index (κ3) is 5.77. The van der Waals surface area contributed by atoms with E-state index in [1.807, 2.05) is 12.1 Å². The normalized spacial score (nSPS) is 14.4. The van der Waals surface area contributed by atoms with Gasteiger partial charge in [0.25, 0.3) is 11.8 Å². The van der Waals surface area contributed by atoms with Crippen LogP contribution in [-0.4, -0.2) is 29.9 Å². The Labute approximate surface area is 211 Å². The molecule has 0 saturated carbocycles. The van der Waals surface area contributed by atoms with Gasteiger partial charge < -0.3 is 14.8 Å². The van der Waals surface area contributed by atoms with Crippen molar-refractivity contribution in [3.63, 3.8) is 0 Å². The molecular weight excluding hydrogens is 492 g/mol. The molecule has 0 unspecified atom stereocenters. The lowest BCUT2D eigenvalue weighted by Gasteiger charge is -2.14. The molecule has 0 spiro atoms. The Balaban J connectivity index is 1.36. The molecule has 1 aliphatic heterocycles. The second kappa shape index (κ2) is 10.7. The van der Waals surface area contributed by atoms with Gasteiger partial charge in [-0.15, -0.1) is 0 Å². The molecule has 9 heteroatoms. The summed E-state index contributed by atoms with van der Waals surface area (Å²) in [6.07, 6.45) is 1.78. The lowest BCUT2D eigenvalue weighted by Crippen LogP contribution is -2.27. The number of halogens is 1. The lowest BCUT2D eigenvalue weighted by atomic mass is 10.2. The quantitative estimate of drug-likeness (QED) is 0.321. The molecule has 3 aromatic rings. The molecule has 1 heterocycles. The minimum atomic E-state index is -0.284. The smallest absolute Gasteiger partial charge is 0.270 e. The number of carbonyl (C=O) groups is 2. The minimum absolute atomic E-state index is 0.136. The highest BCUT2D eigenvalue weighted by molar-refractivity contribution is 8.27. The van der Waals surface area contributed by atoms with Gasteiger partial charge >= 0.3 is 0 Å². The second-order valence-corrected chi connectivity index (χ2v) is 9.24. The number of ether oxygens (including phenoxy) is 2. The highest BCUT2D eigenvalue weighted by Gasteiger charge is 2.33. The number of carbonyl (C=O) groups excluding carboxylic acids is 2. The molecule has 0 aliphatic carbocycles. The first-order chi connectivity index (χ1) is 16.4. The summed E-state index contributed by atoms with van der Waals surface area (Å²) in [6, 6.07) is 21.1. The summed E-state index contributed by atoms with van der Waals surface area (Å²) in [4.78, 5) is 27.0. The maximum absolute atomic E-state index is 12.9. The maximum atomic E-state index is 12.9. The van der Waals surface area contributed by atoms with Crippen molar-refractivity contribution >= 4 is 69.2 Å². The van der Waals surface area contributed by atoms with Crippen molar-refractivity contribution < 1.29 is 19.1 Å². The Kier molecular flexibility index (Phi) is 7.52. The van der Waals surface area contributed by atoms with Gasteiger partial charge in [0.1, 0.15) is 11.5 Å². The van der Waals surface area contributed by atoms with Crippen LogP contribution < -0.4 is 19.7 Å². The predicted molar refractivity (Wildman–Crippen MR) is 141 cm³/mol. The first kappa shape index (κ1) is 23.8. The molecule has 1 saturated heterocycles. The lowest BCUT2D eigenvalue weighted by molar-refractivity contribution is -0.118. The Morgan fingerprint density at radius 3 is 2.32 bits per heavy atom. The number of benzene rings is 3. The first-order valence-corrected chi connectivity index (χ1v) is 11.7. The summed E-state index contributed by atoms with van der Waals surface area (Å²) in [5, 5.41) is 3.33. The average molecular weight is 511 g/mol. The number of thioether (sulfide) groups is 1. The van der Waals surface area contributed by atoms with Crippen molar-refractivity contribution in [2.75, 3.05) is 23.9 Å². The molecule has 4 rings (SSSR count). The fourth-order valence-electron chi connectivity index (χ4n) is 3.11. The van der Waals surface area contributed by atoms with Crippen LogP contribution in [0.1, 0.15) is 5.56 Å². The van der Waals surface area contributed by atoms with Crippen LogP contribution in [0.25, 0.3) is 6.08 Å². The van der Waals surface area contributed by atoms with Crippen molar-refractivity contribution in [2.45, 2.75) is 0 Å². The number of rotatable bonds is 7. The molecule has 172 valence electrons. The molecule has 34 heavy (non-hydrogen) atoms. The van der Waals surface area contributed by atoms with Crippen molar-refractivity contribution in [2.24, 2.45) is 0 Å². The van der Waals surface area contributed by atoms with E-state index in [-0.39, 0.29) is 18.4 Å². The van der Waals surface area contributed by atoms with E-state index < -0.39 is 0 Å². The third-order valence-electron chi connectivity index (χ3n) is 4.80. The monoisotopic (exact) mass is 510 g/mol. The number of hydrogen-bond donors (Lipinski definition) is 1. The fourth-order valence-corrected chi connectivity index (χ4v) is 4.54. The van der Waals surface area contributed by atoms with Gasteiger partial charge in [-0.3, -0.25) is 14.5 Å². The fraction of sp³-hybridized carbons (Fsp3) is 0.0800. The molecular formula is C25H19ClN2O4S2. The zero-order chi connectivity index (χ0) is 24.1. The molecule has 0 aromatic heterocycles. The number of thiocarbonyl (C=S) groups is 1. The second-order valence-electron chi connectivity index (χ2n) is 7.13. The predicted octanol–water partition coefficient (Wildman–Crippen LogP) is 5.77. The van der Waals surface area contributed by atoms with Crippen molar-refractivity contribution in [3.8, 4) is 11.5 Å². The maximum Gasteiger partial charge on any atom is 0.270 e. The van der Waals surface area contributed by atoms with E-state index in [4.69, 9.17) is 33.3 Å². The molecule has 2 amide bonds. The van der Waals surface area contributed by atoms with Crippen molar-refractivity contribution in [1.29, 1.82) is 0 Å². The van der Waals surface area contributed by atoms with E-state index >= 15 is 0 Å². The van der Waals surface area contributed by atoms with E-state index in [9.17, 15) is 9.59 Å². The van der Waals surface area contributed by atoms with Crippen LogP contribution >= 0.6 is 35.6 Å². The first-order valence-electron chi connectivity index (χ1n) is 10.1. The highest BCUT2D eigenvalue weighted by atomic mass is 35.5. The largest absolute Gasteiger partial charge is 0.497 e. The molecule has 0 radical (unpaired) electrons. The van der Waals surface area contributed by atoms with E-state index in [2.05, 4.69) is 5.32 Å². The Morgan fingerprint density at radius 1 is 1.03 bits per heavy atom. The van der Waals surface area contributed by atoms with Crippen LogP contribution in [0, 0.1) is 0 Å². The Morgan fingerprint density at radius 2 is 1.68 bits per heavy atom. The topological polar surface area (TPSA) is 67.9 Å². The van der Waals surface area contributed by atoms with E-state index in [0.29, 0.717) is 37.1 Å². The average Bonchev–Trinajstić information content (AvgIpc) is 3.12. The number of amides is 2. The molecule has 1 aliphatic rings. The van der Waals surface area contributed by atoms with Crippen LogP contribution in [0.2, 0.25) is 5.02 Å². The number of nitrogens with one attached hydrogen (secondary N) is 1. The molecule has 1 fully saturated rings. The summed E-state index contributed by atoms with van der Waals surface area (Å²) in [7, 11) is 1.59. The summed E-state index contributed by atoms with van der Waals surface area (Å²) < 4.78 is 11.2. The third-order valence-corrected chi connectivity index (χ3v) is 6.35. The van der Waals surface area contributed by atoms with Crippen molar-refractivity contribution in [3.05, 3.63) is 88.3 Å². The van der Waals surface area contributed by atoms with Gasteiger partial charge in [-0.1, -0.05) is 47.7 Å². The van der Waals surface area contributed by atoms with E-state index in [0.717, 1.165) is 5.56 Å². The van der Waals surface area contributed by atoms with Gasteiger partial charge in [-0.2, -0.15) is 0 Å². The van der Waals surface area contributed by atoms with Gasteiger partial charge in [0.05, 0.1) is 17.7 Å². The molecule has 3 aromatic carbocycles. The number of methoxy groups -OCH3 is 1. The molecule has 1 N–H and O–H groups in total. The number of anilines is 2. The van der Waals surface area contributed by atoms with Crippen LogP contribution in [0.4, 0.5) is 11.4 Å². The van der Waals surface area contributed by atoms with Crippen LogP contribution in [-0.2, 0) is 9.59 Å². The zero-order valence-corrected chi connectivity index (χ0v) is 20.4. The highest BCUT2D eigenvalue weighted by Crippen LogP contribution is 2.36. The van der Waals surface area contributed by atoms with Gasteiger partial charge in [-0.05, 0) is 72.3 Å². The molecule has 0 bridgehead atoms. The van der Waals surface area contributed by atoms with E-state index in [1.165, 1.54) is 16.7 Å². The number of hydrogen-bond acceptors (Lipinski definition) is 6. The Hall–Kier alpha value is -3.33. The molecule has 6 nitrogen and oxygen atoms in total. The summed E-state index contributed by atoms with van der Waals surface area (Å²) in [5.74, 6) is 0.775.